The molecular weight excluding hydrogens is 851 g/mol. The number of halogens is 6. The van der Waals surface area contributed by atoms with Gasteiger partial charge >= 0.3 is 6.18 Å². The van der Waals surface area contributed by atoms with Gasteiger partial charge in [0.25, 0.3) is 6.08 Å². The van der Waals surface area contributed by atoms with Gasteiger partial charge in [-0.2, -0.15) is 22.0 Å². The highest BCUT2D eigenvalue weighted by molar-refractivity contribution is 5.72. The van der Waals surface area contributed by atoms with Crippen molar-refractivity contribution in [1.82, 2.24) is 0 Å². The third-order valence-electron chi connectivity index (χ3n) is 7.03. The number of carbonyl (C=O) groups is 1. The molecule has 0 spiro atoms. The van der Waals surface area contributed by atoms with Crippen molar-refractivity contribution >= 4 is 17.2 Å². The van der Waals surface area contributed by atoms with Crippen LogP contribution in [0.15, 0.2) is 60.2 Å². The molecule has 0 radical (unpaired) electrons. The van der Waals surface area contributed by atoms with Crippen LogP contribution in [0.25, 0.3) is 0 Å². The van der Waals surface area contributed by atoms with Crippen molar-refractivity contribution in [3.63, 3.8) is 0 Å². The van der Waals surface area contributed by atoms with E-state index in [1.165, 1.54) is 55.6 Å². The Morgan fingerprint density at radius 1 is 0.569 bits per heavy atom. The van der Waals surface area contributed by atoms with Gasteiger partial charge in [-0.15, -0.1) is 0 Å². The Balaban J connectivity index is -0.000000134. The van der Waals surface area contributed by atoms with Gasteiger partial charge in [-0.1, -0.05) is 136 Å². The summed E-state index contributed by atoms with van der Waals surface area (Å²) < 4.78 is 91.2. The molecule has 4 aliphatic rings. The van der Waals surface area contributed by atoms with E-state index in [1.54, 1.807) is 14.2 Å². The average Bonchev–Trinajstić information content (AvgIpc) is 3.98. The molecule has 8 nitrogen and oxygen atoms in total. The first-order chi connectivity index (χ1) is 28.5. The zero-order valence-corrected chi connectivity index (χ0v) is 39.0. The van der Waals surface area contributed by atoms with Crippen LogP contribution in [0.5, 0.6) is 0 Å². The number of methoxy groups -OCH3 is 1. The van der Waals surface area contributed by atoms with Gasteiger partial charge in [0.15, 0.2) is 0 Å². The first-order valence-electron chi connectivity index (χ1n) is 21.0. The van der Waals surface area contributed by atoms with Crippen molar-refractivity contribution in [2.45, 2.75) is 170 Å². The number of alkyl halides is 4. The fourth-order valence-electron chi connectivity index (χ4n) is 4.24. The molecule has 14 heteroatoms. The minimum Gasteiger partial charge on any atom is -0.388 e. The second kappa shape index (κ2) is 48.8. The number of Topliss-reactive ketones (excluding diaryl/α,β-unsaturated/α-hetero) is 1. The summed E-state index contributed by atoms with van der Waals surface area (Å²) in [6.07, 6.45) is -1.34. The van der Waals surface area contributed by atoms with Crippen molar-refractivity contribution in [2.75, 3.05) is 83.8 Å². The lowest BCUT2D eigenvalue weighted by atomic mass is 10.0. The van der Waals surface area contributed by atoms with Gasteiger partial charge in [-0.05, 0) is 62.6 Å². The molecule has 4 unspecified atom stereocenters. The molecule has 4 atom stereocenters. The van der Waals surface area contributed by atoms with E-state index in [9.17, 15) is 31.1 Å². The molecule has 0 amide bonds. The zero-order chi connectivity index (χ0) is 46.7. The Hall–Kier alpha value is -3.17. The van der Waals surface area contributed by atoms with E-state index >= 15 is 0 Å². The highest BCUT2D eigenvalue weighted by Gasteiger charge is 2.34. The fraction of sp³-hybridized carbons (Fsp3) is 0.706. The topological polar surface area (TPSA) is 82.9 Å². The predicted molar refractivity (Wildman–Crippen MR) is 269 cm³/mol. The number of benzene rings is 2. The molecule has 4 aliphatic heterocycles. The molecule has 0 saturated carbocycles. The van der Waals surface area contributed by atoms with Crippen LogP contribution in [0.3, 0.4) is 0 Å². The maximum absolute atomic E-state index is 11.2. The van der Waals surface area contributed by atoms with Gasteiger partial charge in [0, 0.05) is 51.8 Å². The van der Waals surface area contributed by atoms with Gasteiger partial charge in [-0.3, -0.25) is 4.39 Å². The molecular formula is C51H98F6N2O6. The quantitative estimate of drug-likeness (QED) is 0.154. The van der Waals surface area contributed by atoms with E-state index in [1.807, 2.05) is 13.8 Å². The van der Waals surface area contributed by atoms with Gasteiger partial charge in [0.1, 0.15) is 5.78 Å². The first-order valence-corrected chi connectivity index (χ1v) is 21.0. The smallest absolute Gasteiger partial charge is 0.388 e. The number of carbonyl (C=O) groups excluding carboxylic acids is 1. The van der Waals surface area contributed by atoms with Crippen LogP contribution >= 0.6 is 0 Å². The normalized spacial score (nSPS) is 16.4. The molecule has 0 aromatic heterocycles. The van der Waals surface area contributed by atoms with Crippen molar-refractivity contribution in [3.05, 3.63) is 71.3 Å². The van der Waals surface area contributed by atoms with Gasteiger partial charge in [0.05, 0.1) is 63.6 Å². The van der Waals surface area contributed by atoms with E-state index < -0.39 is 17.8 Å². The molecule has 0 aliphatic carbocycles. The van der Waals surface area contributed by atoms with E-state index in [0.29, 0.717) is 38.5 Å². The number of hydrogen-bond donors (Lipinski definition) is 0. The Kier molecular flexibility index (Phi) is 59.2. The van der Waals surface area contributed by atoms with E-state index in [-0.39, 0.29) is 42.9 Å². The summed E-state index contributed by atoms with van der Waals surface area (Å²) in [7, 11) is 3.75. The number of ether oxygens (including phenoxy) is 5. The van der Waals surface area contributed by atoms with Crippen molar-refractivity contribution in [3.8, 4) is 0 Å². The lowest BCUT2D eigenvalue weighted by Crippen LogP contribution is -2.31. The molecule has 2 aromatic carbocycles. The molecule has 0 N–H and O–H groups in total. The summed E-state index contributed by atoms with van der Waals surface area (Å²) in [5.41, 5.74) is 3.34. The van der Waals surface area contributed by atoms with Gasteiger partial charge < -0.3 is 38.3 Å². The molecule has 0 bridgehead atoms. The van der Waals surface area contributed by atoms with Crippen molar-refractivity contribution in [2.24, 2.45) is 0 Å². The lowest BCUT2D eigenvalue weighted by molar-refractivity contribution is -0.115. The van der Waals surface area contributed by atoms with Crippen LogP contribution in [0.1, 0.15) is 144 Å². The summed E-state index contributed by atoms with van der Waals surface area (Å²) in [6.45, 7) is 27.5. The second-order valence-electron chi connectivity index (χ2n) is 14.0. The van der Waals surface area contributed by atoms with Crippen LogP contribution in [0.2, 0.25) is 0 Å². The number of rotatable bonds is 12. The molecule has 4 fully saturated rings. The summed E-state index contributed by atoms with van der Waals surface area (Å²) in [4.78, 5) is 14.2. The zero-order valence-electron chi connectivity index (χ0n) is 39.0. The minimum absolute atomic E-state index is 0. The predicted octanol–water partition coefficient (Wildman–Crippen LogP) is 15.1. The third kappa shape index (κ3) is 47.1. The van der Waals surface area contributed by atoms with E-state index in [0.717, 1.165) is 59.0 Å². The number of anilines is 2. The van der Waals surface area contributed by atoms with Crippen molar-refractivity contribution < 1.29 is 54.8 Å². The largest absolute Gasteiger partial charge is 0.417 e. The molecule has 65 heavy (non-hydrogen) atoms. The van der Waals surface area contributed by atoms with Crippen LogP contribution in [0.4, 0.5) is 37.7 Å². The van der Waals surface area contributed by atoms with Crippen molar-refractivity contribution in [1.29, 1.82) is 0 Å². The van der Waals surface area contributed by atoms with Gasteiger partial charge in [0.2, 0.25) is 0 Å². The van der Waals surface area contributed by atoms with E-state index in [2.05, 4.69) is 105 Å². The molecule has 6 rings (SSSR count). The summed E-state index contributed by atoms with van der Waals surface area (Å²) in [6, 6.07) is 17.9. The first kappa shape index (κ1) is 79.0. The SMILES string of the molecule is C.C.C.C.C.CC.CC(=C(F)F)C(F)(F)F.CC(C)=O.CCC.CCC.CCC.CF.COC.c1cc(N(CC2CO2)CC2CO2)ccc1Cc1ccc(N(CC2CO2)CC2CO2)cc1. The number of hydrogen-bond acceptors (Lipinski definition) is 8. The lowest BCUT2D eigenvalue weighted by Gasteiger charge is -2.24. The maximum Gasteiger partial charge on any atom is 0.417 e. The summed E-state index contributed by atoms with van der Waals surface area (Å²) in [5, 5.41) is 0. The number of epoxide rings is 4. The van der Waals surface area contributed by atoms with Crippen LogP contribution < -0.4 is 9.80 Å². The summed E-state index contributed by atoms with van der Waals surface area (Å²) >= 11 is 0. The number of nitrogens with zero attached hydrogens (tertiary/aromatic N) is 2. The Labute approximate surface area is 395 Å². The van der Waals surface area contributed by atoms with E-state index in [4.69, 9.17) is 18.9 Å². The second-order valence-corrected chi connectivity index (χ2v) is 14.0. The molecule has 4 saturated heterocycles. The molecule has 2 aromatic rings. The van der Waals surface area contributed by atoms with Gasteiger partial charge in [-0.25, -0.2) is 0 Å². The average molecular weight is 949 g/mol. The Bertz CT molecular complexity index is 1200. The van der Waals surface area contributed by atoms with Crippen LogP contribution in [-0.2, 0) is 34.9 Å². The summed E-state index contributed by atoms with van der Waals surface area (Å²) in [5.74, 6) is 0.167. The number of ketones is 1. The number of allylic oxidation sites excluding steroid dienone is 1. The Morgan fingerprint density at radius 2 is 0.754 bits per heavy atom. The third-order valence-corrected chi connectivity index (χ3v) is 7.03. The van der Waals surface area contributed by atoms with Crippen LogP contribution in [0, 0.1) is 0 Å². The fourth-order valence-corrected chi connectivity index (χ4v) is 4.24. The molecule has 4 heterocycles. The minimum atomic E-state index is -4.89. The monoisotopic (exact) mass is 949 g/mol. The standard InChI is InChI=1S/C25H30N2O4.C4H3F5.C3H6O.3C3H8.C2H6O.C2H6.CH3F.5CH4/c1-5-20(26(10-22-14-28-22)11-23-15-29-23)6-2-18(1)9-19-3-7-21(8-4-19)27(12-24-16-30-24)13-25-17-31-25;1-2(3(5)6)4(7,8)9;1-3(2)4;4*1-3-2;2*1-2;;;;;/h1-8,22-25H,9-17H2;1H3;1-2H3;3*3H2,1-2H3;1-2H3;1-2H3;1H3;5*1H4. The highest BCUT2D eigenvalue weighted by Crippen LogP contribution is 2.29. The Morgan fingerprint density at radius 3 is 0.877 bits per heavy atom. The van der Waals surface area contributed by atoms with Crippen LogP contribution in [-0.4, -0.2) is 110 Å². The highest BCUT2D eigenvalue weighted by atomic mass is 19.4. The maximum atomic E-state index is 11.2. The molecule has 390 valence electrons.